The van der Waals surface area contributed by atoms with Crippen molar-refractivity contribution in [2.75, 3.05) is 37.0 Å². The smallest absolute Gasteiger partial charge is 0.322 e. The molecule has 1 aliphatic heterocycles. The maximum absolute atomic E-state index is 14.4. The number of fused-ring (bicyclic) bond motifs is 1. The molecule has 0 aliphatic carbocycles. The van der Waals surface area contributed by atoms with E-state index in [0.717, 1.165) is 22.0 Å². The quantitative estimate of drug-likeness (QED) is 0.311. The van der Waals surface area contributed by atoms with Crippen LogP contribution in [0.2, 0.25) is 5.02 Å². The molecule has 4 aromatic rings. The highest BCUT2D eigenvalue weighted by Crippen LogP contribution is 2.35. The van der Waals surface area contributed by atoms with Crippen LogP contribution in [0.3, 0.4) is 0 Å². The van der Waals surface area contributed by atoms with Gasteiger partial charge < -0.3 is 20.7 Å². The number of nitrogens with zero attached hydrogens (tertiary/aromatic N) is 5. The normalized spacial score (nSPS) is 17.4. The molecule has 0 amide bonds. The van der Waals surface area contributed by atoms with E-state index in [4.69, 9.17) is 22.1 Å². The van der Waals surface area contributed by atoms with Gasteiger partial charge in [0, 0.05) is 54.7 Å². The van der Waals surface area contributed by atoms with Crippen LogP contribution in [0.5, 0.6) is 0 Å². The van der Waals surface area contributed by atoms with Crippen LogP contribution in [0.1, 0.15) is 25.5 Å². The van der Waals surface area contributed by atoms with Gasteiger partial charge in [-0.1, -0.05) is 35.9 Å². The van der Waals surface area contributed by atoms with Crippen LogP contribution in [0.25, 0.3) is 22.0 Å². The predicted molar refractivity (Wildman–Crippen MR) is 155 cm³/mol. The van der Waals surface area contributed by atoms with E-state index in [0.29, 0.717) is 41.9 Å². The average molecular weight is 564 g/mol. The summed E-state index contributed by atoms with van der Waals surface area (Å²) in [6.07, 6.45) is 4.73. The molecule has 2 aromatic heterocycles. The highest BCUT2D eigenvalue weighted by Gasteiger charge is 2.31. The van der Waals surface area contributed by atoms with Gasteiger partial charge in [-0.2, -0.15) is 0 Å². The Morgan fingerprint density at radius 1 is 1.10 bits per heavy atom. The molecule has 2 aromatic carbocycles. The molecule has 5 rings (SSSR count). The van der Waals surface area contributed by atoms with Gasteiger partial charge in [0.25, 0.3) is 0 Å². The molecule has 0 unspecified atom stereocenters. The molecule has 3 atom stereocenters. The molecule has 9 nitrogen and oxygen atoms in total. The third-order valence-corrected chi connectivity index (χ3v) is 7.61. The van der Waals surface area contributed by atoms with Crippen LogP contribution >= 0.6 is 11.6 Å². The van der Waals surface area contributed by atoms with Crippen molar-refractivity contribution in [1.29, 1.82) is 0 Å². The first-order chi connectivity index (χ1) is 19.3. The first-order valence-corrected chi connectivity index (χ1v) is 13.4. The van der Waals surface area contributed by atoms with Gasteiger partial charge in [-0.3, -0.25) is 14.7 Å². The summed E-state index contributed by atoms with van der Waals surface area (Å²) in [4.78, 5) is 29.5. The minimum absolute atomic E-state index is 0.283. The number of halogens is 2. The summed E-state index contributed by atoms with van der Waals surface area (Å²) in [7, 11) is 1.38. The number of anilines is 2. The highest BCUT2D eigenvalue weighted by molar-refractivity contribution is 6.34. The number of ether oxygens (including phenoxy) is 1. The Balaban J connectivity index is 1.37. The number of esters is 1. The number of hydrogen-bond donors (Lipinski definition) is 2. The second-order valence-corrected chi connectivity index (χ2v) is 10.2. The standard InChI is InChI=1S/C29H31ClFN7O2/c1-17(21-6-4-5-7-24(21)31)36-27-22-12-19(8-9-25(22)33-15-23(27)30)20-13-34-29(35-14-20)38-11-10-37(16-26(38)32)18(2)28(39)40-3/h4-9,12-15,17-18,26H,10-11,16,32H2,1-3H3,(H,33,36)/t17-,18+,26+/m1/s1. The Hall–Kier alpha value is -3.86. The minimum atomic E-state index is -0.370. The zero-order valence-corrected chi connectivity index (χ0v) is 23.3. The summed E-state index contributed by atoms with van der Waals surface area (Å²) in [5.41, 5.74) is 10.1. The Morgan fingerprint density at radius 3 is 2.55 bits per heavy atom. The molecule has 0 spiro atoms. The van der Waals surface area contributed by atoms with Crippen molar-refractivity contribution in [3.63, 3.8) is 0 Å². The van der Waals surface area contributed by atoms with E-state index < -0.39 is 0 Å². The van der Waals surface area contributed by atoms with Gasteiger partial charge in [0.2, 0.25) is 5.95 Å². The number of piperazine rings is 1. The summed E-state index contributed by atoms with van der Waals surface area (Å²) in [5.74, 6) is -0.0459. The Bertz CT molecular complexity index is 1520. The summed E-state index contributed by atoms with van der Waals surface area (Å²) in [6, 6.07) is 11.8. The van der Waals surface area contributed by atoms with Crippen molar-refractivity contribution in [1.82, 2.24) is 19.9 Å². The number of aromatic nitrogens is 3. The van der Waals surface area contributed by atoms with Gasteiger partial charge in [-0.25, -0.2) is 14.4 Å². The third-order valence-electron chi connectivity index (χ3n) is 7.32. The van der Waals surface area contributed by atoms with Crippen LogP contribution in [-0.4, -0.2) is 64.8 Å². The second-order valence-electron chi connectivity index (χ2n) is 9.83. The lowest BCUT2D eigenvalue weighted by molar-refractivity contribution is -0.146. The molecule has 11 heteroatoms. The van der Waals surface area contributed by atoms with Crippen molar-refractivity contribution in [2.24, 2.45) is 5.73 Å². The predicted octanol–water partition coefficient (Wildman–Crippen LogP) is 4.63. The van der Waals surface area contributed by atoms with E-state index >= 15 is 0 Å². The van der Waals surface area contributed by atoms with Crippen molar-refractivity contribution in [3.05, 3.63) is 77.5 Å². The van der Waals surface area contributed by atoms with E-state index in [1.807, 2.05) is 41.8 Å². The number of nitrogens with two attached hydrogens (primary N) is 1. The first kappa shape index (κ1) is 27.7. The fraction of sp³-hybridized carbons (Fsp3) is 0.310. The third kappa shape index (κ3) is 5.56. The Morgan fingerprint density at radius 2 is 1.85 bits per heavy atom. The van der Waals surface area contributed by atoms with E-state index in [1.54, 1.807) is 36.8 Å². The largest absolute Gasteiger partial charge is 0.468 e. The minimum Gasteiger partial charge on any atom is -0.468 e. The number of hydrogen-bond acceptors (Lipinski definition) is 9. The Labute approximate surface area is 237 Å². The molecule has 1 aliphatic rings. The zero-order valence-electron chi connectivity index (χ0n) is 22.5. The number of benzene rings is 2. The summed E-state index contributed by atoms with van der Waals surface area (Å²) in [5, 5.41) is 4.61. The van der Waals surface area contributed by atoms with E-state index in [2.05, 4.69) is 20.3 Å². The molecule has 3 N–H and O–H groups in total. The number of carbonyl (C=O) groups excluding carboxylic acids is 1. The lowest BCUT2D eigenvalue weighted by Crippen LogP contribution is -2.60. The van der Waals surface area contributed by atoms with Gasteiger partial charge >= 0.3 is 5.97 Å². The number of rotatable bonds is 7. The highest BCUT2D eigenvalue weighted by atomic mass is 35.5. The lowest BCUT2D eigenvalue weighted by Gasteiger charge is -2.41. The zero-order chi connectivity index (χ0) is 28.4. The monoisotopic (exact) mass is 563 g/mol. The number of carbonyl (C=O) groups is 1. The SMILES string of the molecule is COC(=O)[C@H](C)N1CCN(c2ncc(-c3ccc4ncc(Cl)c(N[C@H](C)c5ccccc5F)c4c3)cn2)[C@H](N)C1. The van der Waals surface area contributed by atoms with Crippen LogP contribution in [0.15, 0.2) is 61.1 Å². The average Bonchev–Trinajstić information content (AvgIpc) is 2.97. The molecule has 0 radical (unpaired) electrons. The van der Waals surface area contributed by atoms with E-state index in [-0.39, 0.29) is 30.0 Å². The molecule has 40 heavy (non-hydrogen) atoms. The number of nitrogens with one attached hydrogen (secondary N) is 1. The van der Waals surface area contributed by atoms with E-state index in [1.165, 1.54) is 13.2 Å². The van der Waals surface area contributed by atoms with Crippen LogP contribution in [-0.2, 0) is 9.53 Å². The fourth-order valence-electron chi connectivity index (χ4n) is 4.99. The molecule has 3 heterocycles. The molecule has 1 fully saturated rings. The van der Waals surface area contributed by atoms with Crippen LogP contribution < -0.4 is 16.0 Å². The van der Waals surface area contributed by atoms with Crippen LogP contribution in [0.4, 0.5) is 16.0 Å². The van der Waals surface area contributed by atoms with Crippen molar-refractivity contribution in [3.8, 4) is 11.1 Å². The van der Waals surface area contributed by atoms with Gasteiger partial charge in [0.1, 0.15) is 11.9 Å². The molecule has 1 saturated heterocycles. The van der Waals surface area contributed by atoms with Crippen molar-refractivity contribution < 1.29 is 13.9 Å². The summed E-state index contributed by atoms with van der Waals surface area (Å²) in [6.45, 7) is 5.40. The second kappa shape index (κ2) is 11.7. The van der Waals surface area contributed by atoms with Gasteiger partial charge in [-0.15, -0.1) is 0 Å². The summed E-state index contributed by atoms with van der Waals surface area (Å²) >= 11 is 6.56. The molecule has 0 bridgehead atoms. The topological polar surface area (TPSA) is 110 Å². The molecule has 0 saturated carbocycles. The van der Waals surface area contributed by atoms with Crippen molar-refractivity contribution in [2.45, 2.75) is 32.1 Å². The summed E-state index contributed by atoms with van der Waals surface area (Å²) < 4.78 is 19.3. The molecular formula is C29H31ClFN7O2. The Kier molecular flexibility index (Phi) is 8.11. The van der Waals surface area contributed by atoms with Gasteiger partial charge in [-0.05, 0) is 37.6 Å². The molecule has 208 valence electrons. The first-order valence-electron chi connectivity index (χ1n) is 13.0. The maximum atomic E-state index is 14.4. The molecular weight excluding hydrogens is 533 g/mol. The van der Waals surface area contributed by atoms with Gasteiger partial charge in [0.15, 0.2) is 0 Å². The number of methoxy groups -OCH3 is 1. The van der Waals surface area contributed by atoms with E-state index in [9.17, 15) is 9.18 Å². The van der Waals surface area contributed by atoms with Gasteiger partial charge in [0.05, 0.1) is 35.5 Å². The fourth-order valence-corrected chi connectivity index (χ4v) is 5.19. The van der Waals surface area contributed by atoms with Crippen molar-refractivity contribution >= 4 is 40.1 Å². The lowest BCUT2D eigenvalue weighted by atomic mass is 10.0. The maximum Gasteiger partial charge on any atom is 0.322 e. The van der Waals surface area contributed by atoms with Crippen LogP contribution in [0, 0.1) is 5.82 Å². The number of pyridine rings is 1.